The summed E-state index contributed by atoms with van der Waals surface area (Å²) in [6.45, 7) is 0. The Hall–Kier alpha value is -2.82. The van der Waals surface area contributed by atoms with Gasteiger partial charge in [0.15, 0.2) is 4.34 Å². The summed E-state index contributed by atoms with van der Waals surface area (Å²) < 4.78 is 10.8. The first kappa shape index (κ1) is 21.9. The van der Waals surface area contributed by atoms with E-state index in [1.807, 2.05) is 0 Å². The van der Waals surface area contributed by atoms with Crippen LogP contribution in [-0.2, 0) is 4.79 Å². The molecule has 3 rings (SSSR count). The third kappa shape index (κ3) is 5.85. The Morgan fingerprint density at radius 3 is 2.53 bits per heavy atom. The van der Waals surface area contributed by atoms with Crippen molar-refractivity contribution in [2.24, 2.45) is 0 Å². The number of nitrogens with zero attached hydrogens (tertiary/aromatic N) is 2. The number of ether oxygens (including phenoxy) is 2. The van der Waals surface area contributed by atoms with Crippen LogP contribution in [0.4, 0.5) is 10.8 Å². The highest BCUT2D eigenvalue weighted by Crippen LogP contribution is 2.28. The first-order valence-electron chi connectivity index (χ1n) is 8.53. The molecule has 8 nitrogen and oxygen atoms in total. The average Bonchev–Trinajstić information content (AvgIpc) is 3.20. The Morgan fingerprint density at radius 2 is 1.83 bits per heavy atom. The lowest BCUT2D eigenvalue weighted by Gasteiger charge is -2.07. The number of hydrogen-bond acceptors (Lipinski definition) is 8. The summed E-state index contributed by atoms with van der Waals surface area (Å²) in [6, 6.07) is 11.8. The van der Waals surface area contributed by atoms with Gasteiger partial charge in [-0.05, 0) is 42.5 Å². The van der Waals surface area contributed by atoms with Crippen LogP contribution in [0.1, 0.15) is 10.4 Å². The molecule has 2 aromatic carbocycles. The number of carbonyl (C=O) groups excluding carboxylic acids is 2. The molecular weight excluding hydrogens is 448 g/mol. The second-order valence-corrected chi connectivity index (χ2v) is 8.37. The van der Waals surface area contributed by atoms with Gasteiger partial charge >= 0.3 is 0 Å². The minimum Gasteiger partial charge on any atom is -0.497 e. The number of rotatable bonds is 8. The Balaban J connectivity index is 1.54. The highest BCUT2D eigenvalue weighted by Gasteiger charge is 2.16. The van der Waals surface area contributed by atoms with Gasteiger partial charge in [-0.25, -0.2) is 0 Å². The Morgan fingerprint density at radius 1 is 1.07 bits per heavy atom. The molecule has 0 radical (unpaired) electrons. The van der Waals surface area contributed by atoms with Crippen LogP contribution in [0.2, 0.25) is 5.02 Å². The minimum absolute atomic E-state index is 0.150. The molecule has 0 fully saturated rings. The van der Waals surface area contributed by atoms with E-state index in [4.69, 9.17) is 21.1 Å². The van der Waals surface area contributed by atoms with Gasteiger partial charge in [-0.2, -0.15) is 0 Å². The average molecular weight is 465 g/mol. The van der Waals surface area contributed by atoms with Crippen LogP contribution in [-0.4, -0.2) is 42.0 Å². The van der Waals surface area contributed by atoms with Crippen LogP contribution in [0.25, 0.3) is 0 Å². The number of anilines is 2. The first-order chi connectivity index (χ1) is 14.5. The lowest BCUT2D eigenvalue weighted by molar-refractivity contribution is -0.113. The SMILES string of the molecule is COc1ccc(NC(=O)CSc2nnc(NC(=O)c3cc(Cl)ccc3OC)s2)cc1. The summed E-state index contributed by atoms with van der Waals surface area (Å²) in [4.78, 5) is 24.6. The zero-order valence-corrected chi connectivity index (χ0v) is 18.4. The second kappa shape index (κ2) is 10.3. The van der Waals surface area contributed by atoms with Crippen LogP contribution in [0.15, 0.2) is 46.8 Å². The van der Waals surface area contributed by atoms with Gasteiger partial charge in [0.1, 0.15) is 11.5 Å². The summed E-state index contributed by atoms with van der Waals surface area (Å²) in [6.07, 6.45) is 0. The van der Waals surface area contributed by atoms with Crippen molar-refractivity contribution in [2.45, 2.75) is 4.34 Å². The third-order valence-electron chi connectivity index (χ3n) is 3.73. The number of methoxy groups -OCH3 is 2. The lowest BCUT2D eigenvalue weighted by atomic mass is 10.2. The molecular formula is C19H17ClN4O4S2. The number of carbonyl (C=O) groups is 2. The molecule has 1 heterocycles. The van der Waals surface area contributed by atoms with Gasteiger partial charge in [-0.3, -0.25) is 14.9 Å². The van der Waals surface area contributed by atoms with Gasteiger partial charge in [-0.1, -0.05) is 34.7 Å². The smallest absolute Gasteiger partial charge is 0.261 e. The summed E-state index contributed by atoms with van der Waals surface area (Å²) in [5, 5.41) is 14.1. The van der Waals surface area contributed by atoms with Crippen LogP contribution < -0.4 is 20.1 Å². The summed E-state index contributed by atoms with van der Waals surface area (Å²) >= 11 is 8.35. The van der Waals surface area contributed by atoms with Gasteiger partial charge in [-0.15, -0.1) is 10.2 Å². The number of nitrogens with one attached hydrogen (secondary N) is 2. The monoisotopic (exact) mass is 464 g/mol. The molecule has 0 bridgehead atoms. The summed E-state index contributed by atoms with van der Waals surface area (Å²) in [5.41, 5.74) is 0.954. The molecule has 30 heavy (non-hydrogen) atoms. The van der Waals surface area contributed by atoms with Crippen molar-refractivity contribution in [3.8, 4) is 11.5 Å². The molecule has 3 aromatic rings. The standard InChI is InChI=1S/C19H17ClN4O4S2/c1-27-13-6-4-12(5-7-13)21-16(25)10-29-19-24-23-18(30-19)22-17(26)14-9-11(20)3-8-15(14)28-2/h3-9H,10H2,1-2H3,(H,21,25)(H,22,23,26). The van der Waals surface area contributed by atoms with Crippen molar-refractivity contribution < 1.29 is 19.1 Å². The Bertz CT molecular complexity index is 1040. The molecule has 156 valence electrons. The van der Waals surface area contributed by atoms with E-state index in [2.05, 4.69) is 20.8 Å². The molecule has 1 aromatic heterocycles. The van der Waals surface area contributed by atoms with Crippen molar-refractivity contribution >= 4 is 57.3 Å². The highest BCUT2D eigenvalue weighted by atomic mass is 35.5. The molecule has 11 heteroatoms. The largest absolute Gasteiger partial charge is 0.497 e. The number of thioether (sulfide) groups is 1. The number of amides is 2. The van der Waals surface area contributed by atoms with Crippen molar-refractivity contribution in [1.82, 2.24) is 10.2 Å². The molecule has 0 atom stereocenters. The fraction of sp³-hybridized carbons (Fsp3) is 0.158. The maximum Gasteiger partial charge on any atom is 0.261 e. The van der Waals surface area contributed by atoms with Crippen molar-refractivity contribution in [2.75, 3.05) is 30.6 Å². The van der Waals surface area contributed by atoms with Crippen LogP contribution in [0, 0.1) is 0 Å². The van der Waals surface area contributed by atoms with E-state index < -0.39 is 5.91 Å². The number of aromatic nitrogens is 2. The summed E-state index contributed by atoms with van der Waals surface area (Å²) in [5.74, 6) is 0.651. The molecule has 0 saturated heterocycles. The number of benzene rings is 2. The quantitative estimate of drug-likeness (QED) is 0.380. The van der Waals surface area contributed by atoms with E-state index in [0.29, 0.717) is 31.7 Å². The second-order valence-electron chi connectivity index (χ2n) is 5.74. The molecule has 0 aliphatic carbocycles. The summed E-state index contributed by atoms with van der Waals surface area (Å²) in [7, 11) is 3.05. The van der Waals surface area contributed by atoms with Crippen LogP contribution in [0.5, 0.6) is 11.5 Å². The van der Waals surface area contributed by atoms with Gasteiger partial charge in [0.05, 0.1) is 25.5 Å². The molecule has 0 unspecified atom stereocenters. The van der Waals surface area contributed by atoms with Gasteiger partial charge in [0.25, 0.3) is 5.91 Å². The van der Waals surface area contributed by atoms with E-state index in [1.165, 1.54) is 36.3 Å². The highest BCUT2D eigenvalue weighted by molar-refractivity contribution is 8.01. The molecule has 0 spiro atoms. The zero-order chi connectivity index (χ0) is 21.5. The van der Waals surface area contributed by atoms with Gasteiger partial charge in [0, 0.05) is 10.7 Å². The van der Waals surface area contributed by atoms with E-state index in [0.717, 1.165) is 0 Å². The van der Waals surface area contributed by atoms with Crippen molar-refractivity contribution in [1.29, 1.82) is 0 Å². The van der Waals surface area contributed by atoms with Crippen molar-refractivity contribution in [3.63, 3.8) is 0 Å². The van der Waals surface area contributed by atoms with E-state index >= 15 is 0 Å². The van der Waals surface area contributed by atoms with E-state index in [-0.39, 0.29) is 17.2 Å². The molecule has 0 aliphatic heterocycles. The third-order valence-corrected chi connectivity index (χ3v) is 5.94. The molecule has 0 aliphatic rings. The van der Waals surface area contributed by atoms with Gasteiger partial charge < -0.3 is 14.8 Å². The maximum absolute atomic E-state index is 12.5. The fourth-order valence-electron chi connectivity index (χ4n) is 2.34. The normalized spacial score (nSPS) is 10.4. The minimum atomic E-state index is -0.417. The first-order valence-corrected chi connectivity index (χ1v) is 10.7. The molecule has 2 amide bonds. The maximum atomic E-state index is 12.5. The van der Waals surface area contributed by atoms with Gasteiger partial charge in [0.2, 0.25) is 11.0 Å². The predicted octanol–water partition coefficient (Wildman–Crippen LogP) is 4.19. The topological polar surface area (TPSA) is 102 Å². The number of hydrogen-bond donors (Lipinski definition) is 2. The van der Waals surface area contributed by atoms with Crippen LogP contribution >= 0.6 is 34.7 Å². The molecule has 0 saturated carbocycles. The predicted molar refractivity (Wildman–Crippen MR) is 118 cm³/mol. The van der Waals surface area contributed by atoms with E-state index in [9.17, 15) is 9.59 Å². The van der Waals surface area contributed by atoms with Crippen molar-refractivity contribution in [3.05, 3.63) is 53.1 Å². The molecule has 2 N–H and O–H groups in total. The Labute approximate surface area is 185 Å². The zero-order valence-electron chi connectivity index (χ0n) is 16.0. The lowest BCUT2D eigenvalue weighted by Crippen LogP contribution is -2.13. The Kier molecular flexibility index (Phi) is 7.50. The van der Waals surface area contributed by atoms with Crippen LogP contribution in [0.3, 0.4) is 0 Å². The van der Waals surface area contributed by atoms with E-state index in [1.54, 1.807) is 43.5 Å². The fourth-order valence-corrected chi connectivity index (χ4v) is 4.06. The number of halogens is 1.